The quantitative estimate of drug-likeness (QED) is 0.360. The molecule has 0 saturated carbocycles. The molecule has 0 heterocycles. The van der Waals surface area contributed by atoms with Gasteiger partial charge in [-0.15, -0.1) is 11.6 Å². The molecular weight excluding hydrogens is 423 g/mol. The highest BCUT2D eigenvalue weighted by Crippen LogP contribution is 2.44. The molecule has 0 amide bonds. The Balaban J connectivity index is 2.28. The average molecular weight is 451 g/mol. The Morgan fingerprint density at radius 3 is 1.27 bits per heavy atom. The second-order valence-electron chi connectivity index (χ2n) is 8.96. The number of benzene rings is 2. The summed E-state index contributed by atoms with van der Waals surface area (Å²) in [7, 11) is -3.13. The van der Waals surface area contributed by atoms with Crippen LogP contribution in [0.2, 0.25) is 0 Å². The number of esters is 2. The van der Waals surface area contributed by atoms with E-state index in [4.69, 9.17) is 21.1 Å². The minimum atomic E-state index is -3.13. The van der Waals surface area contributed by atoms with E-state index in [0.29, 0.717) is 21.7 Å². The highest BCUT2D eigenvalue weighted by Gasteiger charge is 2.28. The van der Waals surface area contributed by atoms with Gasteiger partial charge < -0.3 is 14.0 Å². The summed E-state index contributed by atoms with van der Waals surface area (Å²) in [6.07, 6.45) is 0. The van der Waals surface area contributed by atoms with E-state index < -0.39 is 30.3 Å². The molecule has 0 aliphatic heterocycles. The third-order valence-corrected chi connectivity index (χ3v) is 7.62. The van der Waals surface area contributed by atoms with E-state index in [1.165, 1.54) is 0 Å². The van der Waals surface area contributed by atoms with Crippen LogP contribution in [0.3, 0.4) is 0 Å². The predicted molar refractivity (Wildman–Crippen MR) is 121 cm³/mol. The maximum atomic E-state index is 13.6. The number of hydrogen-bond acceptors (Lipinski definition) is 5. The molecule has 2 aromatic rings. The Hall–Kier alpha value is -2.10. The van der Waals surface area contributed by atoms with Crippen LogP contribution in [0.5, 0.6) is 0 Å². The van der Waals surface area contributed by atoms with Crippen molar-refractivity contribution in [3.8, 4) is 0 Å². The highest BCUT2D eigenvalue weighted by molar-refractivity contribution is 7.79. The van der Waals surface area contributed by atoms with Crippen LogP contribution in [0.15, 0.2) is 48.5 Å². The lowest BCUT2D eigenvalue weighted by Crippen LogP contribution is -2.25. The molecule has 0 aromatic heterocycles. The second kappa shape index (κ2) is 8.95. The highest BCUT2D eigenvalue weighted by atomic mass is 35.5. The number of alkyl halides is 1. The smallest absolute Gasteiger partial charge is 0.338 e. The predicted octanol–water partition coefficient (Wildman–Crippen LogP) is 5.11. The largest absolute Gasteiger partial charge is 0.456 e. The molecule has 0 saturated heterocycles. The van der Waals surface area contributed by atoms with Gasteiger partial charge in [-0.2, -0.15) is 0 Å². The fraction of sp³-hybridized carbons (Fsp3) is 0.391. The van der Waals surface area contributed by atoms with Crippen molar-refractivity contribution in [2.24, 2.45) is 0 Å². The molecular formula is C23H28ClO5P. The molecule has 2 rings (SSSR count). The molecule has 0 radical (unpaired) electrons. The van der Waals surface area contributed by atoms with Crippen LogP contribution >= 0.6 is 18.7 Å². The Bertz CT molecular complexity index is 876. The molecule has 0 unspecified atom stereocenters. The van der Waals surface area contributed by atoms with Gasteiger partial charge in [0.1, 0.15) is 11.2 Å². The first-order chi connectivity index (χ1) is 13.7. The van der Waals surface area contributed by atoms with Crippen molar-refractivity contribution < 1.29 is 23.6 Å². The lowest BCUT2D eigenvalue weighted by atomic mass is 10.1. The third kappa shape index (κ3) is 6.20. The summed E-state index contributed by atoms with van der Waals surface area (Å²) in [5.41, 5.74) is -0.566. The van der Waals surface area contributed by atoms with E-state index >= 15 is 0 Å². The van der Waals surface area contributed by atoms with Gasteiger partial charge in [-0.1, -0.05) is 24.3 Å². The van der Waals surface area contributed by atoms with E-state index in [1.807, 2.05) is 0 Å². The summed E-state index contributed by atoms with van der Waals surface area (Å²) >= 11 is 6.11. The molecule has 30 heavy (non-hydrogen) atoms. The Labute approximate surface area is 183 Å². The van der Waals surface area contributed by atoms with Crippen molar-refractivity contribution in [1.82, 2.24) is 0 Å². The SMILES string of the molecule is CC(C)(C)OC(=O)c1ccc(P(=O)(CCl)c2ccc(C(=O)OC(C)(C)C)cc2)cc1. The van der Waals surface area contributed by atoms with Crippen LogP contribution in [0.25, 0.3) is 0 Å². The summed E-state index contributed by atoms with van der Waals surface area (Å²) in [4.78, 5) is 24.4. The van der Waals surface area contributed by atoms with Gasteiger partial charge in [0.15, 0.2) is 7.14 Å². The number of rotatable bonds is 5. The molecule has 7 heteroatoms. The van der Waals surface area contributed by atoms with Gasteiger partial charge in [0, 0.05) is 10.6 Å². The lowest BCUT2D eigenvalue weighted by molar-refractivity contribution is 0.00570. The molecule has 0 aliphatic carbocycles. The first-order valence-corrected chi connectivity index (χ1v) is 12.0. The molecule has 0 fully saturated rings. The van der Waals surface area contributed by atoms with Gasteiger partial charge in [0.2, 0.25) is 0 Å². The summed E-state index contributed by atoms with van der Waals surface area (Å²) in [6, 6.07) is 12.8. The second-order valence-corrected chi connectivity index (χ2v) is 12.4. The number of halogens is 1. The van der Waals surface area contributed by atoms with E-state index in [9.17, 15) is 14.2 Å². The Kier molecular flexibility index (Phi) is 7.21. The van der Waals surface area contributed by atoms with Crippen LogP contribution in [0.1, 0.15) is 62.3 Å². The monoisotopic (exact) mass is 450 g/mol. The zero-order valence-corrected chi connectivity index (χ0v) is 19.8. The summed E-state index contributed by atoms with van der Waals surface area (Å²) < 4.78 is 24.3. The lowest BCUT2D eigenvalue weighted by Gasteiger charge is -2.21. The zero-order valence-electron chi connectivity index (χ0n) is 18.2. The zero-order chi connectivity index (χ0) is 22.7. The standard InChI is InChI=1S/C23H28ClO5P/c1-22(2,3)28-20(25)16-7-11-18(12-8-16)30(27,15-24)19-13-9-17(10-14-19)21(26)29-23(4,5)6/h7-14H,15H2,1-6H3. The molecule has 0 aliphatic rings. The van der Waals surface area contributed by atoms with E-state index in [2.05, 4.69) is 0 Å². The molecule has 0 atom stereocenters. The minimum absolute atomic E-state index is 0.107. The van der Waals surface area contributed by atoms with Crippen LogP contribution in [0, 0.1) is 0 Å². The van der Waals surface area contributed by atoms with Crippen LogP contribution in [0.4, 0.5) is 0 Å². The minimum Gasteiger partial charge on any atom is -0.456 e. The van der Waals surface area contributed by atoms with Gasteiger partial charge in [-0.05, 0) is 65.8 Å². The maximum absolute atomic E-state index is 13.6. The first kappa shape index (κ1) is 24.2. The van der Waals surface area contributed by atoms with Gasteiger partial charge in [-0.25, -0.2) is 9.59 Å². The Morgan fingerprint density at radius 1 is 0.733 bits per heavy atom. The number of carbonyl (C=O) groups excluding carboxylic acids is 2. The molecule has 0 spiro atoms. The molecule has 2 aromatic carbocycles. The number of carbonyl (C=O) groups is 2. The number of ether oxygens (including phenoxy) is 2. The molecule has 5 nitrogen and oxygen atoms in total. The molecule has 162 valence electrons. The third-order valence-electron chi connectivity index (χ3n) is 4.01. The average Bonchev–Trinajstić information content (AvgIpc) is 2.65. The van der Waals surface area contributed by atoms with E-state index in [0.717, 1.165) is 0 Å². The summed E-state index contributed by atoms with van der Waals surface area (Å²) in [5, 5.41) is 1.05. The van der Waals surface area contributed by atoms with Crippen LogP contribution in [-0.2, 0) is 14.0 Å². The Morgan fingerprint density at radius 2 is 1.03 bits per heavy atom. The van der Waals surface area contributed by atoms with E-state index in [1.54, 1.807) is 90.1 Å². The summed E-state index contributed by atoms with van der Waals surface area (Å²) in [6.45, 7) is 10.8. The normalized spacial score (nSPS) is 12.4. The number of hydrogen-bond donors (Lipinski definition) is 0. The van der Waals surface area contributed by atoms with Crippen molar-refractivity contribution >= 4 is 41.3 Å². The molecule has 0 N–H and O–H groups in total. The first-order valence-electron chi connectivity index (χ1n) is 9.58. The fourth-order valence-corrected chi connectivity index (χ4v) is 5.30. The summed E-state index contributed by atoms with van der Waals surface area (Å²) in [5.74, 6) is -0.895. The topological polar surface area (TPSA) is 69.7 Å². The molecule has 0 bridgehead atoms. The van der Waals surface area contributed by atoms with Gasteiger partial charge in [0.25, 0.3) is 0 Å². The van der Waals surface area contributed by atoms with Crippen molar-refractivity contribution in [3.05, 3.63) is 59.7 Å². The van der Waals surface area contributed by atoms with Crippen molar-refractivity contribution in [2.75, 3.05) is 5.62 Å². The van der Waals surface area contributed by atoms with Gasteiger partial charge in [-0.3, -0.25) is 0 Å². The maximum Gasteiger partial charge on any atom is 0.338 e. The van der Waals surface area contributed by atoms with Gasteiger partial charge >= 0.3 is 11.9 Å². The van der Waals surface area contributed by atoms with Crippen LogP contribution in [-0.4, -0.2) is 28.8 Å². The fourth-order valence-electron chi connectivity index (χ4n) is 2.64. The van der Waals surface area contributed by atoms with Crippen LogP contribution < -0.4 is 10.6 Å². The van der Waals surface area contributed by atoms with Crippen molar-refractivity contribution in [3.63, 3.8) is 0 Å². The van der Waals surface area contributed by atoms with Crippen molar-refractivity contribution in [1.29, 1.82) is 0 Å². The van der Waals surface area contributed by atoms with E-state index in [-0.39, 0.29) is 5.62 Å². The van der Waals surface area contributed by atoms with Crippen molar-refractivity contribution in [2.45, 2.75) is 52.7 Å². The van der Waals surface area contributed by atoms with Gasteiger partial charge in [0.05, 0.1) is 16.7 Å².